The molecule has 1 aromatic rings. The topological polar surface area (TPSA) is 79.0 Å². The second-order valence-electron chi connectivity index (χ2n) is 7.36. The van der Waals surface area contributed by atoms with Crippen LogP contribution in [-0.4, -0.2) is 60.5 Å². The summed E-state index contributed by atoms with van der Waals surface area (Å²) < 4.78 is 5.24. The molecule has 1 fully saturated rings. The third-order valence-corrected chi connectivity index (χ3v) is 4.91. The fraction of sp³-hybridized carbons (Fsp3) is 0.550. The number of ether oxygens (including phenoxy) is 1. The monoisotopic (exact) mass is 443 g/mol. The van der Waals surface area contributed by atoms with Crippen LogP contribution in [0, 0.1) is 5.92 Å². The van der Waals surface area contributed by atoms with Gasteiger partial charge in [0, 0.05) is 37.6 Å². The summed E-state index contributed by atoms with van der Waals surface area (Å²) in [5.74, 6) is -0.254. The van der Waals surface area contributed by atoms with Gasteiger partial charge in [-0.2, -0.15) is 0 Å². The number of nitrogens with one attached hydrogen (secondary N) is 1. The Balaban J connectivity index is 2.09. The summed E-state index contributed by atoms with van der Waals surface area (Å²) in [5, 5.41) is 3.24. The average Bonchev–Trinajstić information content (AvgIpc) is 2.67. The molecule has 1 saturated heterocycles. The maximum absolute atomic E-state index is 13.1. The van der Waals surface area contributed by atoms with E-state index in [2.05, 4.69) is 5.32 Å². The first-order chi connectivity index (χ1) is 13.7. The van der Waals surface area contributed by atoms with Crippen LogP contribution in [0.5, 0.6) is 0 Å². The molecule has 1 heterocycles. The number of rotatable bonds is 6. The van der Waals surface area contributed by atoms with E-state index in [-0.39, 0.29) is 40.1 Å². The molecule has 1 aliphatic heterocycles. The van der Waals surface area contributed by atoms with Crippen LogP contribution < -0.4 is 5.32 Å². The highest BCUT2D eigenvalue weighted by molar-refractivity contribution is 6.38. The van der Waals surface area contributed by atoms with Gasteiger partial charge in [0.1, 0.15) is 0 Å². The van der Waals surface area contributed by atoms with Gasteiger partial charge in [-0.05, 0) is 24.5 Å². The Morgan fingerprint density at radius 3 is 2.31 bits per heavy atom. The SMILES string of the molecule is CCCC(=O)Nc1c(Cl)cc(Cl)cc1C(=O)N1CCN(C(=O)OCC(C)C)CC1. The summed E-state index contributed by atoms with van der Waals surface area (Å²) in [6.07, 6.45) is 0.628. The lowest BCUT2D eigenvalue weighted by molar-refractivity contribution is -0.116. The van der Waals surface area contributed by atoms with Crippen molar-refractivity contribution in [3.05, 3.63) is 27.7 Å². The summed E-state index contributed by atoms with van der Waals surface area (Å²) >= 11 is 12.3. The Hall–Kier alpha value is -1.99. The molecule has 2 rings (SSSR count). The van der Waals surface area contributed by atoms with Gasteiger partial charge in [0.05, 0.1) is 22.9 Å². The normalized spacial score (nSPS) is 14.1. The van der Waals surface area contributed by atoms with Gasteiger partial charge < -0.3 is 19.9 Å². The van der Waals surface area contributed by atoms with Gasteiger partial charge in [0.15, 0.2) is 0 Å². The van der Waals surface area contributed by atoms with Crippen molar-refractivity contribution >= 4 is 46.8 Å². The highest BCUT2D eigenvalue weighted by Gasteiger charge is 2.28. The largest absolute Gasteiger partial charge is 0.449 e. The highest BCUT2D eigenvalue weighted by atomic mass is 35.5. The number of halogens is 2. The zero-order chi connectivity index (χ0) is 21.6. The molecular formula is C20H27Cl2N3O4. The van der Waals surface area contributed by atoms with Gasteiger partial charge in [0.2, 0.25) is 5.91 Å². The lowest BCUT2D eigenvalue weighted by Gasteiger charge is -2.34. The predicted octanol–water partition coefficient (Wildman–Crippen LogP) is 4.28. The maximum Gasteiger partial charge on any atom is 0.409 e. The molecule has 1 N–H and O–H groups in total. The molecule has 7 nitrogen and oxygen atoms in total. The molecule has 0 atom stereocenters. The third kappa shape index (κ3) is 6.51. The van der Waals surface area contributed by atoms with Gasteiger partial charge in [-0.15, -0.1) is 0 Å². The van der Waals surface area contributed by atoms with Crippen LogP contribution in [0.3, 0.4) is 0 Å². The smallest absolute Gasteiger partial charge is 0.409 e. The zero-order valence-corrected chi connectivity index (χ0v) is 18.5. The Morgan fingerprint density at radius 2 is 1.72 bits per heavy atom. The molecule has 0 unspecified atom stereocenters. The maximum atomic E-state index is 13.1. The van der Waals surface area contributed by atoms with Crippen LogP contribution in [0.25, 0.3) is 0 Å². The first-order valence-corrected chi connectivity index (χ1v) is 10.5. The van der Waals surface area contributed by atoms with Crippen molar-refractivity contribution < 1.29 is 19.1 Å². The molecule has 9 heteroatoms. The van der Waals surface area contributed by atoms with Crippen LogP contribution in [0.4, 0.5) is 10.5 Å². The van der Waals surface area contributed by atoms with Crippen LogP contribution in [0.2, 0.25) is 10.0 Å². The van der Waals surface area contributed by atoms with Gasteiger partial charge >= 0.3 is 6.09 Å². The van der Waals surface area contributed by atoms with Crippen molar-refractivity contribution in [1.29, 1.82) is 0 Å². The molecule has 3 amide bonds. The van der Waals surface area contributed by atoms with Crippen LogP contribution >= 0.6 is 23.2 Å². The summed E-state index contributed by atoms with van der Waals surface area (Å²) in [4.78, 5) is 40.4. The number of benzene rings is 1. The molecule has 0 bridgehead atoms. The first kappa shape index (κ1) is 23.3. The summed E-state index contributed by atoms with van der Waals surface area (Å²) in [6.45, 7) is 7.63. The van der Waals surface area contributed by atoms with Crippen LogP contribution in [0.15, 0.2) is 12.1 Å². The second kappa shape index (κ2) is 10.7. The zero-order valence-electron chi connectivity index (χ0n) is 17.0. The fourth-order valence-electron chi connectivity index (χ4n) is 2.89. The van der Waals surface area contributed by atoms with Crippen molar-refractivity contribution in [3.63, 3.8) is 0 Å². The second-order valence-corrected chi connectivity index (χ2v) is 8.20. The Kier molecular flexibility index (Phi) is 8.59. The van der Waals surface area contributed by atoms with Crippen LogP contribution in [-0.2, 0) is 9.53 Å². The Labute approximate surface area is 181 Å². The molecule has 29 heavy (non-hydrogen) atoms. The summed E-state index contributed by atoms with van der Waals surface area (Å²) in [6, 6.07) is 2.99. The van der Waals surface area contributed by atoms with E-state index in [9.17, 15) is 14.4 Å². The fourth-order valence-corrected chi connectivity index (χ4v) is 3.43. The van der Waals surface area contributed by atoms with Crippen molar-refractivity contribution in [2.24, 2.45) is 5.92 Å². The average molecular weight is 444 g/mol. The van der Waals surface area contributed by atoms with Gasteiger partial charge in [-0.25, -0.2) is 4.79 Å². The minimum absolute atomic E-state index is 0.209. The molecular weight excluding hydrogens is 417 g/mol. The highest BCUT2D eigenvalue weighted by Crippen LogP contribution is 2.31. The van der Waals surface area contributed by atoms with Gasteiger partial charge in [-0.1, -0.05) is 44.0 Å². The number of carbonyl (C=O) groups is 3. The van der Waals surface area contributed by atoms with E-state index in [0.29, 0.717) is 50.7 Å². The Morgan fingerprint density at radius 1 is 1.10 bits per heavy atom. The molecule has 0 aliphatic carbocycles. The van der Waals surface area contributed by atoms with Gasteiger partial charge in [-0.3, -0.25) is 9.59 Å². The lowest BCUT2D eigenvalue weighted by Crippen LogP contribution is -2.51. The molecule has 0 aromatic heterocycles. The summed E-state index contributed by atoms with van der Waals surface area (Å²) in [7, 11) is 0. The molecule has 1 aliphatic rings. The van der Waals surface area contributed by atoms with Crippen molar-refractivity contribution in [1.82, 2.24) is 9.80 Å². The standard InChI is InChI=1S/C20H27Cl2N3O4/c1-4-5-17(26)23-18-15(10-14(21)11-16(18)22)19(27)24-6-8-25(9-7-24)20(28)29-12-13(2)3/h10-11,13H,4-9,12H2,1-3H3,(H,23,26). The molecule has 0 radical (unpaired) electrons. The van der Waals surface area contributed by atoms with E-state index in [1.807, 2.05) is 20.8 Å². The van der Waals surface area contributed by atoms with E-state index >= 15 is 0 Å². The number of anilines is 1. The van der Waals surface area contributed by atoms with Crippen molar-refractivity contribution in [2.75, 3.05) is 38.1 Å². The molecule has 160 valence electrons. The van der Waals surface area contributed by atoms with E-state index in [4.69, 9.17) is 27.9 Å². The predicted molar refractivity (Wildman–Crippen MR) is 114 cm³/mol. The number of piperazine rings is 1. The number of hydrogen-bond donors (Lipinski definition) is 1. The molecule has 0 saturated carbocycles. The van der Waals surface area contributed by atoms with E-state index in [1.54, 1.807) is 9.80 Å². The number of amides is 3. The number of carbonyl (C=O) groups excluding carboxylic acids is 3. The Bertz CT molecular complexity index is 762. The van der Waals surface area contributed by atoms with E-state index in [1.165, 1.54) is 12.1 Å². The van der Waals surface area contributed by atoms with E-state index < -0.39 is 0 Å². The minimum Gasteiger partial charge on any atom is -0.449 e. The third-order valence-electron chi connectivity index (χ3n) is 4.39. The summed E-state index contributed by atoms with van der Waals surface area (Å²) in [5.41, 5.74) is 0.501. The van der Waals surface area contributed by atoms with Crippen molar-refractivity contribution in [3.8, 4) is 0 Å². The molecule has 0 spiro atoms. The lowest BCUT2D eigenvalue weighted by atomic mass is 10.1. The quantitative estimate of drug-likeness (QED) is 0.711. The number of hydrogen-bond acceptors (Lipinski definition) is 4. The van der Waals surface area contributed by atoms with Crippen molar-refractivity contribution in [2.45, 2.75) is 33.6 Å². The number of nitrogens with zero attached hydrogens (tertiary/aromatic N) is 2. The van der Waals surface area contributed by atoms with Crippen LogP contribution in [0.1, 0.15) is 44.0 Å². The van der Waals surface area contributed by atoms with E-state index in [0.717, 1.165) is 0 Å². The minimum atomic E-state index is -0.371. The molecule has 1 aromatic carbocycles. The first-order valence-electron chi connectivity index (χ1n) is 9.72. The van der Waals surface area contributed by atoms with Gasteiger partial charge in [0.25, 0.3) is 5.91 Å².